The molecule has 3 rings (SSSR count). The Morgan fingerprint density at radius 1 is 1.21 bits per heavy atom. The van der Waals surface area contributed by atoms with Crippen LogP contribution < -0.4 is 4.74 Å². The highest BCUT2D eigenvalue weighted by Crippen LogP contribution is 2.67. The lowest BCUT2D eigenvalue weighted by molar-refractivity contribution is 0.414. The van der Waals surface area contributed by atoms with Gasteiger partial charge in [-0.15, -0.1) is 0 Å². The molecule has 0 spiro atoms. The van der Waals surface area contributed by atoms with Crippen molar-refractivity contribution in [3.8, 4) is 5.75 Å². The Balaban J connectivity index is 2.07. The van der Waals surface area contributed by atoms with Crippen LogP contribution in [-0.2, 0) is 5.41 Å². The van der Waals surface area contributed by atoms with E-state index in [9.17, 15) is 0 Å². The van der Waals surface area contributed by atoms with E-state index in [1.165, 1.54) is 5.56 Å². The Kier molecular flexibility index (Phi) is 2.46. The van der Waals surface area contributed by atoms with Crippen LogP contribution in [0.4, 0.5) is 0 Å². The first-order valence-electron chi connectivity index (χ1n) is 6.54. The fraction of sp³-hybridized carbons (Fsp3) is 0.467. The average Bonchev–Trinajstić information content (AvgIpc) is 2.75. The monoisotopic (exact) mass is 257 g/mol. The van der Waals surface area contributed by atoms with E-state index in [4.69, 9.17) is 4.74 Å². The van der Waals surface area contributed by atoms with Gasteiger partial charge in [0, 0.05) is 0 Å². The quantitative estimate of drug-likeness (QED) is 0.919. The molecule has 1 aliphatic rings. The molecule has 0 saturated heterocycles. The third-order valence-electron chi connectivity index (χ3n) is 4.30. The van der Waals surface area contributed by atoms with Crippen LogP contribution in [0.15, 0.2) is 24.3 Å². The summed E-state index contributed by atoms with van der Waals surface area (Å²) >= 11 is 0. The lowest BCUT2D eigenvalue weighted by Gasteiger charge is -2.18. The predicted molar refractivity (Wildman–Crippen MR) is 73.3 cm³/mol. The van der Waals surface area contributed by atoms with Crippen molar-refractivity contribution in [3.05, 3.63) is 41.5 Å². The number of rotatable bonds is 3. The van der Waals surface area contributed by atoms with Gasteiger partial charge in [-0.1, -0.05) is 26.0 Å². The van der Waals surface area contributed by atoms with Crippen molar-refractivity contribution >= 4 is 0 Å². The minimum Gasteiger partial charge on any atom is -0.497 e. The van der Waals surface area contributed by atoms with Gasteiger partial charge < -0.3 is 4.74 Å². The normalized spacial score (nSPS) is 24.2. The number of aromatic amines is 1. The molecule has 1 aliphatic carbocycles. The SMILES string of the molecule is COc1ccc([C@@]2(c3n[nH]c(C)n3)CC2(C)C)cc1. The lowest BCUT2D eigenvalue weighted by atomic mass is 9.87. The topological polar surface area (TPSA) is 50.8 Å². The molecule has 0 unspecified atom stereocenters. The van der Waals surface area contributed by atoms with Gasteiger partial charge in [0.25, 0.3) is 0 Å². The molecular weight excluding hydrogens is 238 g/mol. The van der Waals surface area contributed by atoms with Crippen LogP contribution in [0.25, 0.3) is 0 Å². The van der Waals surface area contributed by atoms with Gasteiger partial charge in [0.15, 0.2) is 5.82 Å². The minimum atomic E-state index is -0.0654. The molecule has 2 aromatic rings. The maximum Gasteiger partial charge on any atom is 0.161 e. The fourth-order valence-electron chi connectivity index (χ4n) is 3.03. The molecule has 1 saturated carbocycles. The third kappa shape index (κ3) is 1.66. The molecule has 100 valence electrons. The number of methoxy groups -OCH3 is 1. The zero-order chi connectivity index (χ0) is 13.7. The summed E-state index contributed by atoms with van der Waals surface area (Å²) in [5.74, 6) is 2.65. The standard InChI is InChI=1S/C15H19N3O/c1-10-16-13(18-17-10)15(9-14(15,2)3)11-5-7-12(19-4)8-6-11/h5-8H,9H2,1-4H3,(H,16,17,18)/t15-/m1/s1. The molecule has 1 N–H and O–H groups in total. The molecule has 1 fully saturated rings. The van der Waals surface area contributed by atoms with E-state index >= 15 is 0 Å². The summed E-state index contributed by atoms with van der Waals surface area (Å²) in [6, 6.07) is 8.26. The highest BCUT2D eigenvalue weighted by Gasteiger charge is 2.65. The van der Waals surface area contributed by atoms with Gasteiger partial charge in [-0.25, -0.2) is 4.98 Å². The largest absolute Gasteiger partial charge is 0.497 e. The number of nitrogens with one attached hydrogen (secondary N) is 1. The van der Waals surface area contributed by atoms with Gasteiger partial charge in [-0.05, 0) is 36.5 Å². The van der Waals surface area contributed by atoms with Crippen molar-refractivity contribution in [3.63, 3.8) is 0 Å². The molecule has 0 bridgehead atoms. The summed E-state index contributed by atoms with van der Waals surface area (Å²) < 4.78 is 5.23. The van der Waals surface area contributed by atoms with Crippen LogP contribution >= 0.6 is 0 Å². The fourth-order valence-corrected chi connectivity index (χ4v) is 3.03. The first kappa shape index (κ1) is 12.2. The second kappa shape index (κ2) is 3.83. The lowest BCUT2D eigenvalue weighted by Crippen LogP contribution is -2.18. The van der Waals surface area contributed by atoms with Crippen LogP contribution in [0.3, 0.4) is 0 Å². The van der Waals surface area contributed by atoms with Crippen molar-refractivity contribution < 1.29 is 4.74 Å². The first-order valence-corrected chi connectivity index (χ1v) is 6.54. The van der Waals surface area contributed by atoms with Gasteiger partial charge in [0.1, 0.15) is 11.6 Å². The van der Waals surface area contributed by atoms with Gasteiger partial charge in [-0.3, -0.25) is 5.10 Å². The molecule has 1 atom stereocenters. The molecule has 1 aromatic heterocycles. The van der Waals surface area contributed by atoms with E-state index in [1.807, 2.05) is 19.1 Å². The number of hydrogen-bond donors (Lipinski definition) is 1. The van der Waals surface area contributed by atoms with Gasteiger partial charge >= 0.3 is 0 Å². The van der Waals surface area contributed by atoms with Gasteiger partial charge in [0.05, 0.1) is 12.5 Å². The Labute approximate surface area is 113 Å². The van der Waals surface area contributed by atoms with Crippen LogP contribution in [0, 0.1) is 12.3 Å². The summed E-state index contributed by atoms with van der Waals surface area (Å²) in [6.45, 7) is 6.47. The number of nitrogens with zero attached hydrogens (tertiary/aromatic N) is 2. The van der Waals surface area contributed by atoms with Crippen molar-refractivity contribution in [2.75, 3.05) is 7.11 Å². The van der Waals surface area contributed by atoms with Gasteiger partial charge in [0.2, 0.25) is 0 Å². The molecule has 4 nitrogen and oxygen atoms in total. The highest BCUT2D eigenvalue weighted by molar-refractivity contribution is 5.46. The van der Waals surface area contributed by atoms with E-state index in [2.05, 4.69) is 41.2 Å². The predicted octanol–water partition coefficient (Wildman–Crippen LogP) is 2.84. The zero-order valence-corrected chi connectivity index (χ0v) is 11.8. The van der Waals surface area contributed by atoms with E-state index in [-0.39, 0.29) is 10.8 Å². The number of hydrogen-bond acceptors (Lipinski definition) is 3. The molecule has 4 heteroatoms. The average molecular weight is 257 g/mol. The molecule has 0 aliphatic heterocycles. The van der Waals surface area contributed by atoms with E-state index in [0.717, 1.165) is 23.8 Å². The Hall–Kier alpha value is -1.84. The summed E-state index contributed by atoms with van der Waals surface area (Å²) in [7, 11) is 1.68. The number of aromatic nitrogens is 3. The summed E-state index contributed by atoms with van der Waals surface area (Å²) in [5.41, 5.74) is 1.39. The minimum absolute atomic E-state index is 0.0654. The third-order valence-corrected chi connectivity index (χ3v) is 4.30. The number of aryl methyl sites for hydroxylation is 1. The van der Waals surface area contributed by atoms with Crippen molar-refractivity contribution in [2.24, 2.45) is 5.41 Å². The number of H-pyrrole nitrogens is 1. The van der Waals surface area contributed by atoms with Crippen molar-refractivity contribution in [1.29, 1.82) is 0 Å². The van der Waals surface area contributed by atoms with Crippen LogP contribution in [0.1, 0.15) is 37.5 Å². The zero-order valence-electron chi connectivity index (χ0n) is 11.8. The Morgan fingerprint density at radius 2 is 1.84 bits per heavy atom. The van der Waals surface area contributed by atoms with Crippen LogP contribution in [0.2, 0.25) is 0 Å². The first-order chi connectivity index (χ1) is 8.99. The van der Waals surface area contributed by atoms with Crippen molar-refractivity contribution in [2.45, 2.75) is 32.6 Å². The number of ether oxygens (including phenoxy) is 1. The molecule has 19 heavy (non-hydrogen) atoms. The molecule has 0 radical (unpaired) electrons. The maximum absolute atomic E-state index is 5.23. The van der Waals surface area contributed by atoms with E-state index < -0.39 is 0 Å². The van der Waals surface area contributed by atoms with Crippen molar-refractivity contribution in [1.82, 2.24) is 15.2 Å². The maximum atomic E-state index is 5.23. The van der Waals surface area contributed by atoms with Crippen LogP contribution in [0.5, 0.6) is 5.75 Å². The highest BCUT2D eigenvalue weighted by atomic mass is 16.5. The second-order valence-electron chi connectivity index (χ2n) is 5.94. The summed E-state index contributed by atoms with van der Waals surface area (Å²) in [6.07, 6.45) is 1.07. The second-order valence-corrected chi connectivity index (χ2v) is 5.94. The van der Waals surface area contributed by atoms with Gasteiger partial charge in [-0.2, -0.15) is 5.10 Å². The summed E-state index contributed by atoms with van der Waals surface area (Å²) in [4.78, 5) is 4.56. The molecular formula is C15H19N3O. The van der Waals surface area contributed by atoms with Crippen LogP contribution in [-0.4, -0.2) is 22.3 Å². The Bertz CT molecular complexity index is 600. The molecule has 1 aromatic carbocycles. The summed E-state index contributed by atoms with van der Waals surface area (Å²) in [5, 5.41) is 7.36. The van der Waals surface area contributed by atoms with E-state index in [1.54, 1.807) is 7.11 Å². The smallest absolute Gasteiger partial charge is 0.161 e. The Morgan fingerprint density at radius 3 is 2.26 bits per heavy atom. The molecule has 0 amide bonds. The van der Waals surface area contributed by atoms with E-state index in [0.29, 0.717) is 0 Å². The molecule has 1 heterocycles. The number of benzene rings is 1.